The van der Waals surface area contributed by atoms with E-state index in [-0.39, 0.29) is 5.41 Å². The van der Waals surface area contributed by atoms with Crippen molar-refractivity contribution in [2.45, 2.75) is 37.5 Å². The first-order valence-corrected chi connectivity index (χ1v) is 20.5. The standard InChI is InChI=1S/C54H38N2O/c1-3-13-36(14-4-1)55-48-18-8-5-15-39(48)41-25-22-35(30-50(41)55)34-21-24-38-44-33-51-45(32-47(44)54(46(38)29-34)27-11-2-12-28-54)40-16-6-9-19-49(40)56(51)37-23-26-43-42-17-7-10-20-52(42)57-53(43)31-37/h1,3-10,13-26,29-33H,2,11-12,27-28H2. The van der Waals surface area contributed by atoms with Crippen LogP contribution >= 0.6 is 0 Å². The van der Waals surface area contributed by atoms with Crippen molar-refractivity contribution in [3.05, 3.63) is 181 Å². The number of para-hydroxylation sites is 4. The summed E-state index contributed by atoms with van der Waals surface area (Å²) in [4.78, 5) is 0. The number of rotatable bonds is 3. The largest absolute Gasteiger partial charge is 0.456 e. The fourth-order valence-corrected chi connectivity index (χ4v) is 11.0. The van der Waals surface area contributed by atoms with Gasteiger partial charge >= 0.3 is 0 Å². The van der Waals surface area contributed by atoms with Crippen LogP contribution in [0.1, 0.15) is 43.2 Å². The van der Waals surface area contributed by atoms with Crippen LogP contribution in [0.25, 0.3) is 99.2 Å². The van der Waals surface area contributed by atoms with Gasteiger partial charge < -0.3 is 13.6 Å². The highest BCUT2D eigenvalue weighted by Crippen LogP contribution is 2.58. The second-order valence-electron chi connectivity index (χ2n) is 16.4. The lowest BCUT2D eigenvalue weighted by atomic mass is 9.67. The van der Waals surface area contributed by atoms with Crippen molar-refractivity contribution >= 4 is 65.6 Å². The average Bonchev–Trinajstić information content (AvgIpc) is 3.98. The van der Waals surface area contributed by atoms with Crippen molar-refractivity contribution in [2.24, 2.45) is 0 Å². The molecule has 2 aliphatic rings. The van der Waals surface area contributed by atoms with Gasteiger partial charge in [-0.25, -0.2) is 0 Å². The molecule has 0 unspecified atom stereocenters. The first kappa shape index (κ1) is 31.4. The van der Waals surface area contributed by atoms with E-state index in [2.05, 4.69) is 173 Å². The summed E-state index contributed by atoms with van der Waals surface area (Å²) < 4.78 is 11.3. The second-order valence-corrected chi connectivity index (χ2v) is 16.4. The van der Waals surface area contributed by atoms with Crippen LogP contribution in [0.15, 0.2) is 174 Å². The summed E-state index contributed by atoms with van der Waals surface area (Å²) in [6.45, 7) is 0. The molecule has 57 heavy (non-hydrogen) atoms. The molecule has 270 valence electrons. The highest BCUT2D eigenvalue weighted by atomic mass is 16.3. The van der Waals surface area contributed by atoms with Crippen LogP contribution in [0.5, 0.6) is 0 Å². The van der Waals surface area contributed by atoms with Gasteiger partial charge in [0.15, 0.2) is 0 Å². The lowest BCUT2D eigenvalue weighted by molar-refractivity contribution is 0.353. The Morgan fingerprint density at radius 3 is 1.79 bits per heavy atom. The minimum absolute atomic E-state index is 0.00649. The van der Waals surface area contributed by atoms with Gasteiger partial charge in [-0.05, 0) is 113 Å². The van der Waals surface area contributed by atoms with Crippen LogP contribution in [-0.2, 0) is 5.41 Å². The van der Waals surface area contributed by atoms with Gasteiger partial charge in [0.25, 0.3) is 0 Å². The molecule has 13 rings (SSSR count). The monoisotopic (exact) mass is 730 g/mol. The molecule has 1 fully saturated rings. The van der Waals surface area contributed by atoms with Gasteiger partial charge in [0.2, 0.25) is 0 Å². The van der Waals surface area contributed by atoms with Gasteiger partial charge in [-0.2, -0.15) is 0 Å². The van der Waals surface area contributed by atoms with E-state index in [1.807, 2.05) is 6.07 Å². The van der Waals surface area contributed by atoms with Gasteiger partial charge in [0.05, 0.1) is 22.1 Å². The zero-order valence-corrected chi connectivity index (χ0v) is 31.5. The van der Waals surface area contributed by atoms with E-state index in [9.17, 15) is 0 Å². The molecular formula is C54H38N2O. The summed E-state index contributed by atoms with van der Waals surface area (Å²) in [6, 6.07) is 63.1. The Labute approximate surface area is 330 Å². The number of benzene rings is 8. The number of nitrogens with zero attached hydrogens (tertiary/aromatic N) is 2. The van der Waals surface area contributed by atoms with Crippen LogP contribution in [0, 0.1) is 0 Å². The Bertz CT molecular complexity index is 3440. The van der Waals surface area contributed by atoms with Crippen LogP contribution < -0.4 is 0 Å². The molecule has 0 atom stereocenters. The van der Waals surface area contributed by atoms with E-state index in [0.29, 0.717) is 0 Å². The van der Waals surface area contributed by atoms with Crippen molar-refractivity contribution in [3.8, 4) is 33.6 Å². The molecule has 0 bridgehead atoms. The first-order valence-electron chi connectivity index (χ1n) is 20.5. The summed E-state index contributed by atoms with van der Waals surface area (Å²) in [7, 11) is 0. The Morgan fingerprint density at radius 2 is 0.965 bits per heavy atom. The van der Waals surface area contributed by atoms with Gasteiger partial charge in [-0.3, -0.25) is 0 Å². The number of hydrogen-bond acceptors (Lipinski definition) is 1. The fraction of sp³-hybridized carbons (Fsp3) is 0.111. The Kier molecular flexibility index (Phi) is 6.38. The molecule has 0 radical (unpaired) electrons. The van der Waals surface area contributed by atoms with E-state index < -0.39 is 0 Å². The lowest BCUT2D eigenvalue weighted by Gasteiger charge is -2.36. The highest BCUT2D eigenvalue weighted by molar-refractivity contribution is 6.13. The molecular weight excluding hydrogens is 693 g/mol. The molecule has 2 aliphatic carbocycles. The molecule has 8 aromatic carbocycles. The molecule has 0 aliphatic heterocycles. The fourth-order valence-electron chi connectivity index (χ4n) is 11.0. The topological polar surface area (TPSA) is 23.0 Å². The smallest absolute Gasteiger partial charge is 0.137 e. The summed E-state index contributed by atoms with van der Waals surface area (Å²) in [6.07, 6.45) is 6.18. The highest BCUT2D eigenvalue weighted by Gasteiger charge is 2.44. The molecule has 3 heterocycles. The Hall–Kier alpha value is -6.84. The molecule has 3 heteroatoms. The Morgan fingerprint density at radius 1 is 0.368 bits per heavy atom. The third-order valence-electron chi connectivity index (χ3n) is 13.5. The predicted molar refractivity (Wildman–Crippen MR) is 237 cm³/mol. The van der Waals surface area contributed by atoms with Gasteiger partial charge in [-0.15, -0.1) is 0 Å². The SMILES string of the molecule is c1ccc(-n2c3ccccc3c3ccc(-c4ccc5c(c4)C4(CCCCC4)c4cc6c7ccccc7n(-c7ccc8c(c7)oc7ccccc78)c6cc4-5)cc32)cc1. The molecule has 3 aromatic heterocycles. The van der Waals surface area contributed by atoms with E-state index in [4.69, 9.17) is 4.42 Å². The van der Waals surface area contributed by atoms with E-state index in [1.54, 1.807) is 0 Å². The van der Waals surface area contributed by atoms with E-state index >= 15 is 0 Å². The number of fused-ring (bicyclic) bond motifs is 14. The summed E-state index contributed by atoms with van der Waals surface area (Å²) in [5.41, 5.74) is 17.5. The zero-order valence-electron chi connectivity index (χ0n) is 31.5. The van der Waals surface area contributed by atoms with E-state index in [1.165, 1.54) is 115 Å². The average molecular weight is 731 g/mol. The maximum absolute atomic E-state index is 6.41. The van der Waals surface area contributed by atoms with Crippen molar-refractivity contribution in [1.29, 1.82) is 0 Å². The molecule has 11 aromatic rings. The summed E-state index contributed by atoms with van der Waals surface area (Å²) >= 11 is 0. The van der Waals surface area contributed by atoms with Crippen LogP contribution in [0.3, 0.4) is 0 Å². The van der Waals surface area contributed by atoms with Gasteiger partial charge in [0, 0.05) is 55.2 Å². The normalized spacial score (nSPS) is 14.8. The quantitative estimate of drug-likeness (QED) is 0.177. The molecule has 3 nitrogen and oxygen atoms in total. The number of aromatic nitrogens is 2. The maximum atomic E-state index is 6.41. The minimum atomic E-state index is 0.00649. The molecule has 0 amide bonds. The predicted octanol–water partition coefficient (Wildman–Crippen LogP) is 14.7. The van der Waals surface area contributed by atoms with Crippen molar-refractivity contribution in [1.82, 2.24) is 9.13 Å². The summed E-state index contributed by atoms with van der Waals surface area (Å²) in [5.74, 6) is 0. The van der Waals surface area contributed by atoms with E-state index in [0.717, 1.165) is 27.6 Å². The molecule has 1 spiro atoms. The maximum Gasteiger partial charge on any atom is 0.137 e. The Balaban J connectivity index is 1.02. The van der Waals surface area contributed by atoms with Crippen molar-refractivity contribution in [3.63, 3.8) is 0 Å². The van der Waals surface area contributed by atoms with Crippen molar-refractivity contribution in [2.75, 3.05) is 0 Å². The number of hydrogen-bond donors (Lipinski definition) is 0. The van der Waals surface area contributed by atoms with Crippen LogP contribution in [0.2, 0.25) is 0 Å². The summed E-state index contributed by atoms with van der Waals surface area (Å²) in [5, 5.41) is 7.51. The lowest BCUT2D eigenvalue weighted by Crippen LogP contribution is -2.28. The number of furan rings is 1. The first-order chi connectivity index (χ1) is 28.2. The molecule has 0 N–H and O–H groups in total. The molecule has 0 saturated heterocycles. The van der Waals surface area contributed by atoms with Gasteiger partial charge in [-0.1, -0.05) is 116 Å². The molecule has 1 saturated carbocycles. The van der Waals surface area contributed by atoms with Crippen LogP contribution in [-0.4, -0.2) is 9.13 Å². The minimum Gasteiger partial charge on any atom is -0.456 e. The van der Waals surface area contributed by atoms with Gasteiger partial charge in [0.1, 0.15) is 11.2 Å². The third-order valence-corrected chi connectivity index (χ3v) is 13.5. The second kappa shape index (κ2) is 11.6. The third kappa shape index (κ3) is 4.32. The van der Waals surface area contributed by atoms with Crippen LogP contribution in [0.4, 0.5) is 0 Å². The zero-order chi connectivity index (χ0) is 37.2. The van der Waals surface area contributed by atoms with Crippen molar-refractivity contribution < 1.29 is 4.42 Å².